The van der Waals surface area contributed by atoms with Crippen molar-refractivity contribution in [3.05, 3.63) is 29.8 Å². The van der Waals surface area contributed by atoms with E-state index in [1.54, 1.807) is 0 Å². The van der Waals surface area contributed by atoms with Gasteiger partial charge in [-0.3, -0.25) is 0 Å². The van der Waals surface area contributed by atoms with Gasteiger partial charge >= 0.3 is 0 Å². The van der Waals surface area contributed by atoms with E-state index in [1.807, 2.05) is 32.0 Å². The Labute approximate surface area is 91.6 Å². The Morgan fingerprint density at radius 1 is 1.47 bits per heavy atom. The molecule has 0 fully saturated rings. The first-order valence-electron chi connectivity index (χ1n) is 5.12. The number of nitrogens with one attached hydrogen (secondary N) is 1. The lowest BCUT2D eigenvalue weighted by atomic mass is 10.2. The summed E-state index contributed by atoms with van der Waals surface area (Å²) in [5, 5.41) is 3.14. The third kappa shape index (κ3) is 4.53. The number of hydrogen-bond donors (Lipinski definition) is 1. The average Bonchev–Trinajstić information content (AvgIpc) is 2.18. The van der Waals surface area contributed by atoms with E-state index in [4.69, 9.17) is 11.2 Å². The van der Waals surface area contributed by atoms with Crippen LogP contribution >= 0.6 is 0 Å². The maximum absolute atomic E-state index is 5.59. The van der Waals surface area contributed by atoms with Crippen LogP contribution in [-0.2, 0) is 6.54 Å². The molecule has 0 radical (unpaired) electrons. The third-order valence-electron chi connectivity index (χ3n) is 1.83. The first-order chi connectivity index (χ1) is 7.22. The highest BCUT2D eigenvalue weighted by molar-refractivity contribution is 5.28. The van der Waals surface area contributed by atoms with Crippen LogP contribution in [0.5, 0.6) is 5.75 Å². The molecule has 2 nitrogen and oxygen atoms in total. The molecular formula is C13H17NO. The van der Waals surface area contributed by atoms with Crippen molar-refractivity contribution in [2.45, 2.75) is 26.5 Å². The van der Waals surface area contributed by atoms with Crippen LogP contribution in [0.15, 0.2) is 24.3 Å². The van der Waals surface area contributed by atoms with Crippen molar-refractivity contribution in [1.82, 2.24) is 5.32 Å². The molecule has 0 aromatic heterocycles. The van der Waals surface area contributed by atoms with Gasteiger partial charge in [-0.25, -0.2) is 0 Å². The van der Waals surface area contributed by atoms with Crippen LogP contribution in [-0.4, -0.2) is 12.6 Å². The van der Waals surface area contributed by atoms with Gasteiger partial charge in [-0.1, -0.05) is 18.1 Å². The van der Waals surface area contributed by atoms with Gasteiger partial charge in [0.1, 0.15) is 5.75 Å². The zero-order valence-electron chi connectivity index (χ0n) is 9.29. The van der Waals surface area contributed by atoms with E-state index in [-0.39, 0.29) is 6.10 Å². The van der Waals surface area contributed by atoms with Gasteiger partial charge in [0.15, 0.2) is 0 Å². The van der Waals surface area contributed by atoms with Gasteiger partial charge in [0, 0.05) is 6.54 Å². The first-order valence-corrected chi connectivity index (χ1v) is 5.12. The van der Waals surface area contributed by atoms with Crippen LogP contribution < -0.4 is 10.1 Å². The molecule has 1 aromatic carbocycles. The number of rotatable bonds is 5. The number of benzene rings is 1. The van der Waals surface area contributed by atoms with E-state index in [2.05, 4.69) is 17.3 Å². The summed E-state index contributed by atoms with van der Waals surface area (Å²) < 4.78 is 5.59. The fraction of sp³-hybridized carbons (Fsp3) is 0.385. The summed E-state index contributed by atoms with van der Waals surface area (Å²) in [6.45, 7) is 5.40. The molecular weight excluding hydrogens is 186 g/mol. The van der Waals surface area contributed by atoms with Gasteiger partial charge in [-0.05, 0) is 31.5 Å². The molecule has 0 saturated heterocycles. The highest BCUT2D eigenvalue weighted by Crippen LogP contribution is 2.14. The fourth-order valence-electron chi connectivity index (χ4n) is 1.28. The van der Waals surface area contributed by atoms with Crippen molar-refractivity contribution < 1.29 is 4.74 Å². The van der Waals surface area contributed by atoms with Crippen LogP contribution in [0.4, 0.5) is 0 Å². The number of ether oxygens (including phenoxy) is 1. The van der Waals surface area contributed by atoms with Gasteiger partial charge in [0.2, 0.25) is 0 Å². The fourth-order valence-corrected chi connectivity index (χ4v) is 1.28. The molecule has 0 aliphatic rings. The van der Waals surface area contributed by atoms with E-state index in [0.29, 0.717) is 6.54 Å². The van der Waals surface area contributed by atoms with Crippen LogP contribution in [0, 0.1) is 12.3 Å². The Balaban J connectivity index is 2.54. The second-order valence-electron chi connectivity index (χ2n) is 3.62. The van der Waals surface area contributed by atoms with Crippen molar-refractivity contribution in [3.8, 4) is 18.1 Å². The van der Waals surface area contributed by atoms with Gasteiger partial charge in [0.05, 0.1) is 12.6 Å². The third-order valence-corrected chi connectivity index (χ3v) is 1.83. The van der Waals surface area contributed by atoms with Crippen molar-refractivity contribution in [2.75, 3.05) is 6.54 Å². The predicted octanol–water partition coefficient (Wildman–Crippen LogP) is 2.20. The molecule has 1 rings (SSSR count). The van der Waals surface area contributed by atoms with Crippen LogP contribution in [0.3, 0.4) is 0 Å². The minimum atomic E-state index is 0.207. The summed E-state index contributed by atoms with van der Waals surface area (Å²) in [6, 6.07) is 8.04. The monoisotopic (exact) mass is 203 g/mol. The Bertz CT molecular complexity index is 339. The highest BCUT2D eigenvalue weighted by atomic mass is 16.5. The van der Waals surface area contributed by atoms with Gasteiger partial charge in [0.25, 0.3) is 0 Å². The minimum absolute atomic E-state index is 0.207. The largest absolute Gasteiger partial charge is 0.491 e. The molecule has 1 aromatic rings. The lowest BCUT2D eigenvalue weighted by molar-refractivity contribution is 0.242. The molecule has 80 valence electrons. The summed E-state index contributed by atoms with van der Waals surface area (Å²) in [5.74, 6) is 3.45. The quantitative estimate of drug-likeness (QED) is 0.585. The van der Waals surface area contributed by atoms with Gasteiger partial charge in [-0.15, -0.1) is 6.42 Å². The molecule has 0 aliphatic heterocycles. The Kier molecular flexibility index (Phi) is 4.73. The molecule has 0 saturated carbocycles. The molecule has 1 N–H and O–H groups in total. The lowest BCUT2D eigenvalue weighted by Gasteiger charge is -2.10. The predicted molar refractivity (Wildman–Crippen MR) is 62.7 cm³/mol. The van der Waals surface area contributed by atoms with Crippen LogP contribution in [0.1, 0.15) is 19.4 Å². The van der Waals surface area contributed by atoms with E-state index in [1.165, 1.54) is 5.56 Å². The average molecular weight is 203 g/mol. The van der Waals surface area contributed by atoms with Crippen molar-refractivity contribution in [2.24, 2.45) is 0 Å². The summed E-state index contributed by atoms with van der Waals surface area (Å²) >= 11 is 0. The second-order valence-corrected chi connectivity index (χ2v) is 3.62. The summed E-state index contributed by atoms with van der Waals surface area (Å²) in [5.41, 5.74) is 1.18. The SMILES string of the molecule is C#CCNCc1cccc(OC(C)C)c1. The molecule has 0 aliphatic carbocycles. The molecule has 0 heterocycles. The van der Waals surface area contributed by atoms with Crippen LogP contribution in [0.2, 0.25) is 0 Å². The molecule has 2 heteroatoms. The highest BCUT2D eigenvalue weighted by Gasteiger charge is 1.98. The Morgan fingerprint density at radius 3 is 2.93 bits per heavy atom. The summed E-state index contributed by atoms with van der Waals surface area (Å²) in [7, 11) is 0. The van der Waals surface area contributed by atoms with Crippen LogP contribution in [0.25, 0.3) is 0 Å². The maximum Gasteiger partial charge on any atom is 0.120 e. The topological polar surface area (TPSA) is 21.3 Å². The molecule has 0 amide bonds. The van der Waals surface area contributed by atoms with E-state index in [0.717, 1.165) is 12.3 Å². The first kappa shape index (κ1) is 11.6. The Hall–Kier alpha value is -1.46. The Morgan fingerprint density at radius 2 is 2.27 bits per heavy atom. The molecule has 15 heavy (non-hydrogen) atoms. The normalized spacial score (nSPS) is 10.0. The van der Waals surface area contributed by atoms with Crippen molar-refractivity contribution in [3.63, 3.8) is 0 Å². The minimum Gasteiger partial charge on any atom is -0.491 e. The zero-order chi connectivity index (χ0) is 11.1. The number of hydrogen-bond acceptors (Lipinski definition) is 2. The van der Waals surface area contributed by atoms with E-state index < -0.39 is 0 Å². The lowest BCUT2D eigenvalue weighted by Crippen LogP contribution is -2.13. The smallest absolute Gasteiger partial charge is 0.120 e. The van der Waals surface area contributed by atoms with Crippen molar-refractivity contribution in [1.29, 1.82) is 0 Å². The summed E-state index contributed by atoms with van der Waals surface area (Å²) in [4.78, 5) is 0. The van der Waals surface area contributed by atoms with E-state index >= 15 is 0 Å². The zero-order valence-corrected chi connectivity index (χ0v) is 9.29. The standard InChI is InChI=1S/C13H17NO/c1-4-8-14-10-12-6-5-7-13(9-12)15-11(2)3/h1,5-7,9,11,14H,8,10H2,2-3H3. The van der Waals surface area contributed by atoms with Gasteiger partial charge < -0.3 is 10.1 Å². The van der Waals surface area contributed by atoms with Gasteiger partial charge in [-0.2, -0.15) is 0 Å². The second kappa shape index (κ2) is 6.10. The molecule has 0 bridgehead atoms. The summed E-state index contributed by atoms with van der Waals surface area (Å²) in [6.07, 6.45) is 5.36. The van der Waals surface area contributed by atoms with Crippen molar-refractivity contribution >= 4 is 0 Å². The molecule has 0 atom stereocenters. The molecule has 0 unspecified atom stereocenters. The number of terminal acetylenes is 1. The molecule has 0 spiro atoms. The maximum atomic E-state index is 5.59. The van der Waals surface area contributed by atoms with E-state index in [9.17, 15) is 0 Å².